The van der Waals surface area contributed by atoms with E-state index in [1.165, 1.54) is 7.11 Å². The van der Waals surface area contributed by atoms with E-state index >= 15 is 0 Å². The van der Waals surface area contributed by atoms with E-state index in [4.69, 9.17) is 0 Å². The molecule has 0 saturated heterocycles. The number of halogens is 2. The fraction of sp³-hybridized carbons (Fsp3) is 0.0909. The molecule has 6 heteroatoms. The molecule has 0 aliphatic rings. The standard InChI is InChI=1S/C11H7F2NO3/c1-17-11-8(9(15)10(11)16)14-7-3-5(12)2-6(13)4-7/h2-4,14H,1H3. The first-order valence-corrected chi connectivity index (χ1v) is 4.63. The summed E-state index contributed by atoms with van der Waals surface area (Å²) >= 11 is 0. The van der Waals surface area contributed by atoms with E-state index in [9.17, 15) is 18.4 Å². The second kappa shape index (κ2) is 3.97. The number of anilines is 2. The molecule has 0 aliphatic carbocycles. The average molecular weight is 239 g/mol. The Hall–Kier alpha value is -2.24. The van der Waals surface area contributed by atoms with Gasteiger partial charge in [0.15, 0.2) is 5.75 Å². The van der Waals surface area contributed by atoms with Crippen LogP contribution in [0, 0.1) is 11.6 Å². The topological polar surface area (TPSA) is 55.4 Å². The van der Waals surface area contributed by atoms with Crippen LogP contribution in [0.1, 0.15) is 0 Å². The summed E-state index contributed by atoms with van der Waals surface area (Å²) in [4.78, 5) is 22.2. The van der Waals surface area contributed by atoms with E-state index in [1.807, 2.05) is 0 Å². The lowest BCUT2D eigenvalue weighted by Gasteiger charge is -2.11. The normalized spacial score (nSPS) is 10.5. The molecule has 0 fully saturated rings. The Kier molecular flexibility index (Phi) is 2.63. The zero-order valence-electron chi connectivity index (χ0n) is 8.71. The van der Waals surface area contributed by atoms with Crippen LogP contribution in [0.5, 0.6) is 5.75 Å². The van der Waals surface area contributed by atoms with E-state index in [-0.39, 0.29) is 17.1 Å². The lowest BCUT2D eigenvalue weighted by molar-refractivity contribution is 0.408. The van der Waals surface area contributed by atoms with E-state index in [1.54, 1.807) is 0 Å². The fourth-order valence-corrected chi connectivity index (χ4v) is 1.45. The number of rotatable bonds is 3. The Morgan fingerprint density at radius 3 is 2.18 bits per heavy atom. The molecule has 2 rings (SSSR count). The van der Waals surface area contributed by atoms with Crippen molar-refractivity contribution in [2.24, 2.45) is 0 Å². The molecule has 0 saturated carbocycles. The third-order valence-electron chi connectivity index (χ3n) is 2.20. The highest BCUT2D eigenvalue weighted by molar-refractivity contribution is 5.69. The minimum Gasteiger partial charge on any atom is -0.491 e. The summed E-state index contributed by atoms with van der Waals surface area (Å²) in [7, 11) is 1.23. The van der Waals surface area contributed by atoms with Crippen LogP contribution in [0.4, 0.5) is 20.2 Å². The highest BCUT2D eigenvalue weighted by atomic mass is 19.1. The first-order chi connectivity index (χ1) is 8.02. The molecule has 0 unspecified atom stereocenters. The van der Waals surface area contributed by atoms with Crippen LogP contribution in [-0.4, -0.2) is 7.11 Å². The monoisotopic (exact) mass is 239 g/mol. The van der Waals surface area contributed by atoms with Gasteiger partial charge in [-0.3, -0.25) is 9.59 Å². The first kappa shape index (κ1) is 11.3. The van der Waals surface area contributed by atoms with Crippen molar-refractivity contribution in [1.29, 1.82) is 0 Å². The molecule has 0 heterocycles. The third kappa shape index (κ3) is 1.89. The fourth-order valence-electron chi connectivity index (χ4n) is 1.45. The SMILES string of the molecule is COc1c(Nc2cc(F)cc(F)c2)c(=O)c1=O. The minimum absolute atomic E-state index is 0.0351. The van der Waals surface area contributed by atoms with Crippen LogP contribution in [0.3, 0.4) is 0 Å². The molecule has 4 nitrogen and oxygen atoms in total. The summed E-state index contributed by atoms with van der Waals surface area (Å²) in [6.45, 7) is 0. The van der Waals surface area contributed by atoms with Gasteiger partial charge in [-0.1, -0.05) is 0 Å². The number of hydrogen-bond donors (Lipinski definition) is 1. The van der Waals surface area contributed by atoms with E-state index < -0.39 is 22.5 Å². The molecule has 2 aromatic rings. The second-order valence-electron chi connectivity index (χ2n) is 3.35. The van der Waals surface area contributed by atoms with Gasteiger partial charge in [-0.05, 0) is 12.1 Å². The summed E-state index contributed by atoms with van der Waals surface area (Å²) in [6, 6.07) is 2.70. The van der Waals surface area contributed by atoms with E-state index in [0.29, 0.717) is 6.07 Å². The van der Waals surface area contributed by atoms with Gasteiger partial charge in [-0.25, -0.2) is 8.78 Å². The van der Waals surface area contributed by atoms with Crippen LogP contribution in [-0.2, 0) is 0 Å². The van der Waals surface area contributed by atoms with Crippen LogP contribution >= 0.6 is 0 Å². The predicted octanol–water partition coefficient (Wildman–Crippen LogP) is 1.31. The Morgan fingerprint density at radius 2 is 1.65 bits per heavy atom. The molecular formula is C11H7F2NO3. The van der Waals surface area contributed by atoms with Crippen molar-refractivity contribution in [2.75, 3.05) is 12.4 Å². The highest BCUT2D eigenvalue weighted by Crippen LogP contribution is 2.23. The largest absolute Gasteiger partial charge is 0.491 e. The Labute approximate surface area is 94.1 Å². The van der Waals surface area contributed by atoms with Gasteiger partial charge in [0.05, 0.1) is 7.11 Å². The van der Waals surface area contributed by atoms with Gasteiger partial charge < -0.3 is 10.1 Å². The molecule has 88 valence electrons. The number of ether oxygens (including phenoxy) is 1. The molecule has 0 aliphatic heterocycles. The van der Waals surface area contributed by atoms with Gasteiger partial charge in [0.2, 0.25) is 0 Å². The van der Waals surface area contributed by atoms with Crippen molar-refractivity contribution in [2.45, 2.75) is 0 Å². The molecule has 17 heavy (non-hydrogen) atoms. The summed E-state index contributed by atoms with van der Waals surface area (Å²) in [5.74, 6) is -1.71. The quantitative estimate of drug-likeness (QED) is 0.820. The molecule has 0 amide bonds. The molecule has 1 N–H and O–H groups in total. The highest BCUT2D eigenvalue weighted by Gasteiger charge is 2.21. The summed E-state index contributed by atoms with van der Waals surface area (Å²) in [6.07, 6.45) is 0. The van der Waals surface area contributed by atoms with Gasteiger partial charge in [0.25, 0.3) is 10.9 Å². The molecule has 0 atom stereocenters. The minimum atomic E-state index is -0.787. The average Bonchev–Trinajstić information content (AvgIpc) is 2.27. The second-order valence-corrected chi connectivity index (χ2v) is 3.35. The summed E-state index contributed by atoms with van der Waals surface area (Å²) < 4.78 is 30.4. The summed E-state index contributed by atoms with van der Waals surface area (Å²) in [5, 5.41) is 2.45. The number of nitrogens with one attached hydrogen (secondary N) is 1. The number of hydrogen-bond acceptors (Lipinski definition) is 4. The molecular weight excluding hydrogens is 232 g/mol. The Bertz CT molecular complexity index is 624. The predicted molar refractivity (Wildman–Crippen MR) is 57.5 cm³/mol. The van der Waals surface area contributed by atoms with Gasteiger partial charge in [-0.2, -0.15) is 0 Å². The lowest BCUT2D eigenvalue weighted by atomic mass is 10.2. The molecule has 0 aromatic heterocycles. The molecule has 0 radical (unpaired) electrons. The van der Waals surface area contributed by atoms with Gasteiger partial charge in [-0.15, -0.1) is 0 Å². The number of methoxy groups -OCH3 is 1. The zero-order valence-corrected chi connectivity index (χ0v) is 8.71. The smallest absolute Gasteiger partial charge is 0.272 e. The summed E-state index contributed by atoms with van der Waals surface area (Å²) in [5.41, 5.74) is -1.59. The van der Waals surface area contributed by atoms with Crippen LogP contribution in [0.25, 0.3) is 0 Å². The molecule has 0 spiro atoms. The zero-order chi connectivity index (χ0) is 12.6. The van der Waals surface area contributed by atoms with Gasteiger partial charge in [0, 0.05) is 11.8 Å². The first-order valence-electron chi connectivity index (χ1n) is 4.63. The Morgan fingerprint density at radius 1 is 1.06 bits per heavy atom. The van der Waals surface area contributed by atoms with Crippen LogP contribution in [0.2, 0.25) is 0 Å². The Balaban J connectivity index is 2.36. The van der Waals surface area contributed by atoms with Crippen LogP contribution < -0.4 is 20.9 Å². The molecule has 2 aromatic carbocycles. The maximum atomic E-state index is 12.9. The van der Waals surface area contributed by atoms with Crippen LogP contribution in [0.15, 0.2) is 27.8 Å². The van der Waals surface area contributed by atoms with Gasteiger partial charge >= 0.3 is 0 Å². The maximum absolute atomic E-state index is 12.9. The van der Waals surface area contributed by atoms with Crippen molar-refractivity contribution in [3.63, 3.8) is 0 Å². The third-order valence-corrected chi connectivity index (χ3v) is 2.20. The van der Waals surface area contributed by atoms with Crippen molar-refractivity contribution >= 4 is 11.4 Å². The van der Waals surface area contributed by atoms with Crippen molar-refractivity contribution < 1.29 is 13.5 Å². The number of benzene rings is 1. The van der Waals surface area contributed by atoms with Crippen molar-refractivity contribution in [1.82, 2.24) is 0 Å². The van der Waals surface area contributed by atoms with Crippen molar-refractivity contribution in [3.05, 3.63) is 50.3 Å². The lowest BCUT2D eigenvalue weighted by Crippen LogP contribution is -2.34. The van der Waals surface area contributed by atoms with E-state index in [0.717, 1.165) is 12.1 Å². The van der Waals surface area contributed by atoms with Gasteiger partial charge in [0.1, 0.15) is 17.3 Å². The van der Waals surface area contributed by atoms with E-state index in [2.05, 4.69) is 10.1 Å². The molecule has 0 bridgehead atoms. The maximum Gasteiger partial charge on any atom is 0.272 e. The van der Waals surface area contributed by atoms with Crippen molar-refractivity contribution in [3.8, 4) is 5.75 Å².